The molecular weight excluding hydrogens is 406 g/mol. The van der Waals surface area contributed by atoms with Gasteiger partial charge in [0.1, 0.15) is 6.26 Å². The molecule has 0 aliphatic carbocycles. The average Bonchev–Trinajstić information content (AvgIpc) is 3.29. The molecule has 2 saturated heterocycles. The van der Waals surface area contributed by atoms with Gasteiger partial charge in [-0.3, -0.25) is 14.6 Å². The molecule has 174 valence electrons. The van der Waals surface area contributed by atoms with Crippen LogP contribution in [0.5, 0.6) is 0 Å². The van der Waals surface area contributed by atoms with Crippen LogP contribution < -0.4 is 4.90 Å². The number of benzene rings is 1. The summed E-state index contributed by atoms with van der Waals surface area (Å²) in [5.74, 6) is 0.810. The Morgan fingerprint density at radius 3 is 2.31 bits per heavy atom. The Bertz CT molecular complexity index is 856. The third-order valence-corrected chi connectivity index (χ3v) is 6.50. The van der Waals surface area contributed by atoms with Gasteiger partial charge in [0.2, 0.25) is 5.89 Å². The fourth-order valence-corrected chi connectivity index (χ4v) is 4.25. The summed E-state index contributed by atoms with van der Waals surface area (Å²) in [5, 5.41) is 10.1. The van der Waals surface area contributed by atoms with Crippen molar-refractivity contribution in [2.24, 2.45) is 5.92 Å². The lowest BCUT2D eigenvalue weighted by Crippen LogP contribution is -2.49. The number of para-hydroxylation sites is 1. The summed E-state index contributed by atoms with van der Waals surface area (Å²) in [4.78, 5) is 26.1. The topological polar surface area (TPSA) is 76.3 Å². The second-order valence-corrected chi connectivity index (χ2v) is 9.13. The summed E-state index contributed by atoms with van der Waals surface area (Å²) >= 11 is 0. The van der Waals surface area contributed by atoms with Gasteiger partial charge in [0.05, 0.1) is 12.6 Å². The maximum absolute atomic E-state index is 12.9. The van der Waals surface area contributed by atoms with Crippen molar-refractivity contribution < 1.29 is 14.3 Å². The highest BCUT2D eigenvalue weighted by molar-refractivity contribution is 5.92. The summed E-state index contributed by atoms with van der Waals surface area (Å²) in [7, 11) is 0. The van der Waals surface area contributed by atoms with Gasteiger partial charge >= 0.3 is 0 Å². The molecule has 2 aromatic rings. The Labute approximate surface area is 190 Å². The lowest BCUT2D eigenvalue weighted by Gasteiger charge is -2.35. The number of carbonyl (C=O) groups is 1. The van der Waals surface area contributed by atoms with Crippen LogP contribution >= 0.6 is 0 Å². The van der Waals surface area contributed by atoms with Crippen molar-refractivity contribution in [3.63, 3.8) is 0 Å². The molecule has 2 fully saturated rings. The fraction of sp³-hybridized carbons (Fsp3) is 0.583. The summed E-state index contributed by atoms with van der Waals surface area (Å²) in [6, 6.07) is 10.3. The van der Waals surface area contributed by atoms with Gasteiger partial charge in [-0.2, -0.15) is 0 Å². The highest BCUT2D eigenvalue weighted by Gasteiger charge is 2.26. The molecule has 8 heteroatoms. The van der Waals surface area contributed by atoms with Crippen molar-refractivity contribution in [3.05, 3.63) is 48.2 Å². The van der Waals surface area contributed by atoms with Gasteiger partial charge in [-0.05, 0) is 18.1 Å². The zero-order valence-electron chi connectivity index (χ0n) is 19.2. The quantitative estimate of drug-likeness (QED) is 0.702. The summed E-state index contributed by atoms with van der Waals surface area (Å²) in [6.45, 7) is 12.1. The molecule has 1 N–H and O–H groups in total. The Kier molecular flexibility index (Phi) is 7.44. The normalized spacial score (nSPS) is 19.5. The first-order valence-corrected chi connectivity index (χ1v) is 11.7. The van der Waals surface area contributed by atoms with Crippen LogP contribution in [0.25, 0.3) is 0 Å². The number of nitrogens with zero attached hydrogens (tertiary/aromatic N) is 5. The number of aromatic nitrogens is 1. The zero-order chi connectivity index (χ0) is 22.5. The number of oxazole rings is 1. The summed E-state index contributed by atoms with van der Waals surface area (Å²) < 4.78 is 5.63. The van der Waals surface area contributed by atoms with Crippen molar-refractivity contribution >= 4 is 11.6 Å². The molecule has 1 unspecified atom stereocenters. The van der Waals surface area contributed by atoms with E-state index < -0.39 is 0 Å². The van der Waals surface area contributed by atoms with Crippen molar-refractivity contribution in [1.82, 2.24) is 19.7 Å². The van der Waals surface area contributed by atoms with Crippen LogP contribution in [0, 0.1) is 5.92 Å². The largest absolute Gasteiger partial charge is 0.447 e. The number of rotatable bonds is 7. The van der Waals surface area contributed by atoms with E-state index in [9.17, 15) is 9.90 Å². The Morgan fingerprint density at radius 2 is 1.66 bits per heavy atom. The van der Waals surface area contributed by atoms with Crippen LogP contribution in [0.4, 0.5) is 5.69 Å². The van der Waals surface area contributed by atoms with Crippen molar-refractivity contribution in [2.45, 2.75) is 26.5 Å². The smallest absolute Gasteiger partial charge is 0.275 e. The number of piperazine rings is 2. The van der Waals surface area contributed by atoms with Gasteiger partial charge in [-0.15, -0.1) is 0 Å². The predicted molar refractivity (Wildman–Crippen MR) is 124 cm³/mol. The first-order chi connectivity index (χ1) is 15.5. The molecule has 8 nitrogen and oxygen atoms in total. The average molecular weight is 442 g/mol. The van der Waals surface area contributed by atoms with Crippen molar-refractivity contribution in [3.8, 4) is 0 Å². The number of aliphatic hydroxyl groups is 1. The summed E-state index contributed by atoms with van der Waals surface area (Å²) in [6.07, 6.45) is 1.22. The second-order valence-electron chi connectivity index (χ2n) is 9.13. The minimum atomic E-state index is -0.281. The van der Waals surface area contributed by atoms with E-state index in [1.54, 1.807) is 0 Å². The number of aliphatic hydroxyl groups excluding tert-OH is 1. The van der Waals surface area contributed by atoms with Crippen LogP contribution in [0.3, 0.4) is 0 Å². The van der Waals surface area contributed by atoms with E-state index in [1.807, 2.05) is 36.9 Å². The zero-order valence-corrected chi connectivity index (χ0v) is 19.2. The van der Waals surface area contributed by atoms with Gasteiger partial charge < -0.3 is 19.3 Å². The van der Waals surface area contributed by atoms with Crippen LogP contribution in [0.2, 0.25) is 0 Å². The van der Waals surface area contributed by atoms with E-state index in [1.165, 1.54) is 12.0 Å². The van der Waals surface area contributed by atoms with Gasteiger partial charge in [0.25, 0.3) is 5.91 Å². The molecule has 2 aliphatic heterocycles. The Morgan fingerprint density at radius 1 is 1.00 bits per heavy atom. The number of amides is 1. The van der Waals surface area contributed by atoms with E-state index in [4.69, 9.17) is 4.42 Å². The number of carbonyl (C=O) groups excluding carboxylic acids is 1. The van der Waals surface area contributed by atoms with Crippen LogP contribution in [-0.4, -0.2) is 95.7 Å². The Balaban J connectivity index is 1.23. The van der Waals surface area contributed by atoms with Gasteiger partial charge in [0.15, 0.2) is 5.69 Å². The highest BCUT2D eigenvalue weighted by atomic mass is 16.3. The number of β-amino-alcohol motifs (C(OH)–C–C–N with tert-alkyl or cyclic N) is 1. The van der Waals surface area contributed by atoms with Gasteiger partial charge in [-0.25, -0.2) is 4.98 Å². The number of hydrogen-bond donors (Lipinski definition) is 1. The minimum absolute atomic E-state index is 0.0554. The lowest BCUT2D eigenvalue weighted by molar-refractivity contribution is 0.0463. The monoisotopic (exact) mass is 441 g/mol. The maximum atomic E-state index is 12.9. The highest BCUT2D eigenvalue weighted by Crippen LogP contribution is 2.17. The molecule has 0 saturated carbocycles. The fourth-order valence-electron chi connectivity index (χ4n) is 4.25. The number of hydrogen-bond acceptors (Lipinski definition) is 7. The molecule has 1 aromatic heterocycles. The lowest BCUT2D eigenvalue weighted by atomic mass is 10.1. The van der Waals surface area contributed by atoms with Crippen molar-refractivity contribution in [1.29, 1.82) is 0 Å². The third kappa shape index (κ3) is 5.68. The van der Waals surface area contributed by atoms with Crippen LogP contribution in [0.15, 0.2) is 41.0 Å². The van der Waals surface area contributed by atoms with E-state index in [-0.39, 0.29) is 17.9 Å². The summed E-state index contributed by atoms with van der Waals surface area (Å²) in [5.41, 5.74) is 1.59. The van der Waals surface area contributed by atoms with Gasteiger partial charge in [0, 0.05) is 64.6 Å². The molecule has 32 heavy (non-hydrogen) atoms. The molecule has 4 rings (SSSR count). The van der Waals surface area contributed by atoms with E-state index >= 15 is 0 Å². The molecule has 2 aliphatic rings. The predicted octanol–water partition coefficient (Wildman–Crippen LogP) is 1.77. The molecular formula is C24H35N5O3. The molecule has 0 bridgehead atoms. The first kappa shape index (κ1) is 22.8. The molecule has 0 spiro atoms. The third-order valence-electron chi connectivity index (χ3n) is 6.50. The maximum Gasteiger partial charge on any atom is 0.275 e. The van der Waals surface area contributed by atoms with Gasteiger partial charge in [-0.1, -0.05) is 32.0 Å². The van der Waals surface area contributed by atoms with E-state index in [0.29, 0.717) is 31.2 Å². The SMILES string of the molecule is CC(C)C(O)CN1CCN(Cc2nc(C(=O)N3CCN(c4ccccc4)CC3)co2)CC1. The Hall–Kier alpha value is -2.42. The molecule has 0 radical (unpaired) electrons. The molecule has 1 atom stereocenters. The van der Waals surface area contributed by atoms with Crippen molar-refractivity contribution in [2.75, 3.05) is 63.8 Å². The van der Waals surface area contributed by atoms with E-state index in [2.05, 4.69) is 31.8 Å². The van der Waals surface area contributed by atoms with E-state index in [0.717, 1.165) is 45.8 Å². The van der Waals surface area contributed by atoms with Crippen LogP contribution in [0.1, 0.15) is 30.2 Å². The molecule has 1 aromatic carbocycles. The molecule has 3 heterocycles. The van der Waals surface area contributed by atoms with Crippen LogP contribution in [-0.2, 0) is 6.54 Å². The minimum Gasteiger partial charge on any atom is -0.447 e. The first-order valence-electron chi connectivity index (χ1n) is 11.7. The second kappa shape index (κ2) is 10.5. The molecule has 1 amide bonds. The standard InChI is InChI=1S/C24H35N5O3/c1-19(2)22(30)16-26-8-10-27(11-9-26)17-23-25-21(18-32-23)24(31)29-14-12-28(13-15-29)20-6-4-3-5-7-20/h3-7,18-19,22,30H,8-17H2,1-2H3. The number of anilines is 1.